The van der Waals surface area contributed by atoms with Gasteiger partial charge in [-0.15, -0.1) is 0 Å². The van der Waals surface area contributed by atoms with Crippen molar-refractivity contribution in [1.29, 1.82) is 0 Å². The lowest BCUT2D eigenvalue weighted by Crippen LogP contribution is -2.09. The minimum atomic E-state index is -0.257. The Morgan fingerprint density at radius 1 is 1.57 bits per heavy atom. The van der Waals surface area contributed by atoms with Crippen LogP contribution in [0.15, 0.2) is 13.9 Å². The zero-order valence-electron chi connectivity index (χ0n) is 7.50. The summed E-state index contributed by atoms with van der Waals surface area (Å²) in [6, 6.07) is 0. The van der Waals surface area contributed by atoms with E-state index < -0.39 is 0 Å². The highest BCUT2D eigenvalue weighted by Gasteiger charge is 2.14. The van der Waals surface area contributed by atoms with Gasteiger partial charge in [-0.3, -0.25) is 4.79 Å². The van der Waals surface area contributed by atoms with Gasteiger partial charge in [0.1, 0.15) is 5.39 Å². The maximum absolute atomic E-state index is 11.4. The summed E-state index contributed by atoms with van der Waals surface area (Å²) in [5.74, 6) is 0. The number of nitrogens with one attached hydrogen (secondary N) is 1. The van der Waals surface area contributed by atoms with Gasteiger partial charge in [0.05, 0.1) is 5.69 Å². The van der Waals surface area contributed by atoms with Crippen molar-refractivity contribution in [2.45, 2.75) is 19.8 Å². The summed E-state index contributed by atoms with van der Waals surface area (Å²) in [4.78, 5) is 11.4. The maximum atomic E-state index is 11.4. The number of fused-ring (bicyclic) bond motifs is 1. The Balaban J connectivity index is 2.77. The van der Waals surface area contributed by atoms with Crippen LogP contribution in [0.3, 0.4) is 0 Å². The van der Waals surface area contributed by atoms with E-state index in [-0.39, 0.29) is 5.56 Å². The molecule has 2 aromatic heterocycles. The van der Waals surface area contributed by atoms with Crippen LogP contribution in [0, 0.1) is 0 Å². The summed E-state index contributed by atoms with van der Waals surface area (Å²) in [6.45, 7) is 2.02. The summed E-state index contributed by atoms with van der Waals surface area (Å²) in [6.07, 6.45) is 1.65. The Morgan fingerprint density at radius 2 is 2.36 bits per heavy atom. The SMILES string of the molecule is CCCc1noc2c(Br)n[nH]c(=O)c12. The summed E-state index contributed by atoms with van der Waals surface area (Å²) >= 11 is 3.18. The fourth-order valence-corrected chi connectivity index (χ4v) is 1.67. The molecular weight excluding hydrogens is 250 g/mol. The van der Waals surface area contributed by atoms with Gasteiger partial charge in [-0.25, -0.2) is 5.10 Å². The van der Waals surface area contributed by atoms with Crippen LogP contribution in [-0.4, -0.2) is 15.4 Å². The van der Waals surface area contributed by atoms with Gasteiger partial charge in [-0.2, -0.15) is 5.10 Å². The first-order valence-electron chi connectivity index (χ1n) is 4.26. The highest BCUT2D eigenvalue weighted by atomic mass is 79.9. The van der Waals surface area contributed by atoms with Crippen LogP contribution >= 0.6 is 15.9 Å². The Hall–Kier alpha value is -1.17. The molecule has 0 aliphatic carbocycles. The molecule has 0 aliphatic rings. The number of halogens is 1. The average molecular weight is 258 g/mol. The standard InChI is InChI=1S/C8H8BrN3O2/c1-2-3-4-5-6(14-12-4)7(9)10-11-8(5)13/h2-3H2,1H3,(H,11,13). The summed E-state index contributed by atoms with van der Waals surface area (Å²) in [7, 11) is 0. The van der Waals surface area contributed by atoms with Crippen LogP contribution in [0.1, 0.15) is 19.0 Å². The maximum Gasteiger partial charge on any atom is 0.277 e. The normalized spacial score (nSPS) is 11.0. The second-order valence-electron chi connectivity index (χ2n) is 2.93. The molecule has 0 bridgehead atoms. The molecule has 0 saturated heterocycles. The van der Waals surface area contributed by atoms with Gasteiger partial charge in [0, 0.05) is 0 Å². The van der Waals surface area contributed by atoms with Crippen molar-refractivity contribution < 1.29 is 4.52 Å². The third-order valence-corrected chi connectivity index (χ3v) is 2.46. The molecule has 0 atom stereocenters. The molecule has 0 aromatic carbocycles. The highest BCUT2D eigenvalue weighted by molar-refractivity contribution is 9.10. The number of aryl methyl sites for hydroxylation is 1. The number of aromatic nitrogens is 3. The first-order valence-corrected chi connectivity index (χ1v) is 5.05. The monoisotopic (exact) mass is 257 g/mol. The van der Waals surface area contributed by atoms with E-state index in [1.54, 1.807) is 0 Å². The second-order valence-corrected chi connectivity index (χ2v) is 3.68. The molecule has 0 fully saturated rings. The molecule has 0 radical (unpaired) electrons. The third-order valence-electron chi connectivity index (χ3n) is 1.92. The lowest BCUT2D eigenvalue weighted by Gasteiger charge is -1.91. The van der Waals surface area contributed by atoms with Gasteiger partial charge in [0.25, 0.3) is 5.56 Å². The minimum Gasteiger partial charge on any atom is -0.353 e. The zero-order valence-corrected chi connectivity index (χ0v) is 9.09. The van der Waals surface area contributed by atoms with E-state index >= 15 is 0 Å². The molecule has 0 spiro atoms. The highest BCUT2D eigenvalue weighted by Crippen LogP contribution is 2.21. The molecule has 2 rings (SSSR count). The van der Waals surface area contributed by atoms with Crippen molar-refractivity contribution in [3.63, 3.8) is 0 Å². The fourth-order valence-electron chi connectivity index (χ4n) is 1.31. The Labute approximate surface area is 87.6 Å². The Kier molecular flexibility index (Phi) is 2.37. The average Bonchev–Trinajstić information content (AvgIpc) is 2.58. The van der Waals surface area contributed by atoms with Gasteiger partial charge >= 0.3 is 0 Å². The minimum absolute atomic E-state index is 0.257. The van der Waals surface area contributed by atoms with Crippen molar-refractivity contribution in [2.75, 3.05) is 0 Å². The van der Waals surface area contributed by atoms with E-state index in [4.69, 9.17) is 4.52 Å². The van der Waals surface area contributed by atoms with E-state index in [2.05, 4.69) is 31.3 Å². The number of aromatic amines is 1. The quantitative estimate of drug-likeness (QED) is 0.888. The molecule has 0 aliphatic heterocycles. The second kappa shape index (κ2) is 3.53. The van der Waals surface area contributed by atoms with Crippen LogP contribution in [0.5, 0.6) is 0 Å². The van der Waals surface area contributed by atoms with Crippen molar-refractivity contribution in [1.82, 2.24) is 15.4 Å². The van der Waals surface area contributed by atoms with Crippen LogP contribution in [-0.2, 0) is 6.42 Å². The lowest BCUT2D eigenvalue weighted by atomic mass is 10.2. The van der Waals surface area contributed by atoms with Crippen molar-refractivity contribution in [3.05, 3.63) is 20.7 Å². The number of H-pyrrole nitrogens is 1. The van der Waals surface area contributed by atoms with Gasteiger partial charge in [0.15, 0.2) is 4.60 Å². The zero-order chi connectivity index (χ0) is 10.1. The summed E-state index contributed by atoms with van der Waals surface area (Å²) < 4.78 is 5.51. The first kappa shape index (κ1) is 9.39. The van der Waals surface area contributed by atoms with Gasteiger partial charge in [-0.1, -0.05) is 18.5 Å². The summed E-state index contributed by atoms with van der Waals surface area (Å²) in [5.41, 5.74) is 0.844. The van der Waals surface area contributed by atoms with Crippen LogP contribution < -0.4 is 5.56 Å². The molecule has 2 aromatic rings. The van der Waals surface area contributed by atoms with Crippen LogP contribution in [0.4, 0.5) is 0 Å². The van der Waals surface area contributed by atoms with Gasteiger partial charge in [0.2, 0.25) is 5.58 Å². The molecule has 2 heterocycles. The predicted molar refractivity (Wildman–Crippen MR) is 54.1 cm³/mol. The van der Waals surface area contributed by atoms with Crippen molar-refractivity contribution >= 4 is 26.9 Å². The van der Waals surface area contributed by atoms with Crippen LogP contribution in [0.2, 0.25) is 0 Å². The molecule has 74 valence electrons. The lowest BCUT2D eigenvalue weighted by molar-refractivity contribution is 0.443. The molecule has 0 saturated carbocycles. The van der Waals surface area contributed by atoms with E-state index in [9.17, 15) is 4.79 Å². The predicted octanol–water partition coefficient (Wildman–Crippen LogP) is 1.63. The van der Waals surface area contributed by atoms with E-state index in [1.165, 1.54) is 0 Å². The topological polar surface area (TPSA) is 71.8 Å². The summed E-state index contributed by atoms with van der Waals surface area (Å²) in [5, 5.41) is 10.4. The molecular formula is C8H8BrN3O2. The number of hydrogen-bond donors (Lipinski definition) is 1. The van der Waals surface area contributed by atoms with Crippen LogP contribution in [0.25, 0.3) is 11.0 Å². The fraction of sp³-hybridized carbons (Fsp3) is 0.375. The molecule has 1 N–H and O–H groups in total. The smallest absolute Gasteiger partial charge is 0.277 e. The Bertz CT molecular complexity index is 517. The van der Waals surface area contributed by atoms with Gasteiger partial charge in [-0.05, 0) is 22.4 Å². The largest absolute Gasteiger partial charge is 0.353 e. The third kappa shape index (κ3) is 1.35. The molecule has 6 heteroatoms. The van der Waals surface area contributed by atoms with Gasteiger partial charge < -0.3 is 4.52 Å². The molecule has 5 nitrogen and oxygen atoms in total. The molecule has 0 amide bonds. The van der Waals surface area contributed by atoms with E-state index in [0.717, 1.165) is 12.8 Å². The van der Waals surface area contributed by atoms with Crippen molar-refractivity contribution in [2.24, 2.45) is 0 Å². The van der Waals surface area contributed by atoms with E-state index in [1.807, 2.05) is 6.92 Å². The molecule has 0 unspecified atom stereocenters. The first-order chi connectivity index (χ1) is 6.74. The Morgan fingerprint density at radius 3 is 3.07 bits per heavy atom. The number of nitrogens with zero attached hydrogens (tertiary/aromatic N) is 2. The number of rotatable bonds is 2. The molecule has 14 heavy (non-hydrogen) atoms. The number of hydrogen-bond acceptors (Lipinski definition) is 4. The van der Waals surface area contributed by atoms with Crippen molar-refractivity contribution in [3.8, 4) is 0 Å². The van der Waals surface area contributed by atoms with E-state index in [0.29, 0.717) is 21.3 Å².